The maximum Gasteiger partial charge on any atom is 0.142 e. The minimum Gasteiger partial charge on any atom is -0.340 e. The Balaban J connectivity index is 2.03. The van der Waals surface area contributed by atoms with Crippen molar-refractivity contribution in [1.29, 1.82) is 0 Å². The molecule has 2 heterocycles. The van der Waals surface area contributed by atoms with Gasteiger partial charge in [0.05, 0.1) is 5.39 Å². The predicted octanol–water partition coefficient (Wildman–Crippen LogP) is 5.21. The summed E-state index contributed by atoms with van der Waals surface area (Å²) in [7, 11) is 0. The van der Waals surface area contributed by atoms with Crippen LogP contribution in [-0.4, -0.2) is 9.97 Å². The molecule has 1 N–H and O–H groups in total. The Bertz CT molecular complexity index is 752. The minimum atomic E-state index is 0.494. The summed E-state index contributed by atoms with van der Waals surface area (Å²) in [6.45, 7) is 4.37. The molecule has 5 heteroatoms. The van der Waals surface area contributed by atoms with E-state index < -0.39 is 0 Å². The van der Waals surface area contributed by atoms with E-state index in [1.807, 2.05) is 24.3 Å². The van der Waals surface area contributed by atoms with Gasteiger partial charge in [0.2, 0.25) is 0 Å². The van der Waals surface area contributed by atoms with Gasteiger partial charge in [-0.3, -0.25) is 0 Å². The second-order valence-corrected chi connectivity index (χ2v) is 6.38. The SMILES string of the molecule is CC(C)c1cc2c(Nc3cccc(Cl)c3)ncnc2s1. The summed E-state index contributed by atoms with van der Waals surface area (Å²) in [5.74, 6) is 1.31. The van der Waals surface area contributed by atoms with Crippen LogP contribution in [0.3, 0.4) is 0 Å². The number of benzene rings is 1. The van der Waals surface area contributed by atoms with Gasteiger partial charge in [0.1, 0.15) is 17.0 Å². The van der Waals surface area contributed by atoms with Crippen LogP contribution in [0, 0.1) is 0 Å². The lowest BCUT2D eigenvalue weighted by atomic mass is 10.1. The Labute approximate surface area is 126 Å². The van der Waals surface area contributed by atoms with Crippen molar-refractivity contribution in [3.8, 4) is 0 Å². The van der Waals surface area contributed by atoms with Gasteiger partial charge in [-0.05, 0) is 30.2 Å². The third kappa shape index (κ3) is 2.62. The Kier molecular flexibility index (Phi) is 3.59. The number of nitrogens with one attached hydrogen (secondary N) is 1. The fourth-order valence-electron chi connectivity index (χ4n) is 1.96. The zero-order valence-electron chi connectivity index (χ0n) is 11.2. The van der Waals surface area contributed by atoms with Crippen LogP contribution in [0.4, 0.5) is 11.5 Å². The highest BCUT2D eigenvalue weighted by atomic mass is 35.5. The largest absolute Gasteiger partial charge is 0.340 e. The Hall–Kier alpha value is -1.65. The Morgan fingerprint density at radius 2 is 2.05 bits per heavy atom. The molecule has 0 amide bonds. The highest BCUT2D eigenvalue weighted by Gasteiger charge is 2.11. The topological polar surface area (TPSA) is 37.8 Å². The smallest absolute Gasteiger partial charge is 0.142 e. The van der Waals surface area contributed by atoms with Crippen LogP contribution in [0.5, 0.6) is 0 Å². The summed E-state index contributed by atoms with van der Waals surface area (Å²) in [6.07, 6.45) is 1.59. The molecule has 0 atom stereocenters. The first-order valence-corrected chi connectivity index (χ1v) is 7.60. The van der Waals surface area contributed by atoms with Crippen molar-refractivity contribution in [2.24, 2.45) is 0 Å². The molecule has 0 bridgehead atoms. The predicted molar refractivity (Wildman–Crippen MR) is 86.2 cm³/mol. The van der Waals surface area contributed by atoms with Crippen molar-refractivity contribution in [1.82, 2.24) is 9.97 Å². The van der Waals surface area contributed by atoms with Crippen molar-refractivity contribution in [2.45, 2.75) is 19.8 Å². The second kappa shape index (κ2) is 5.38. The van der Waals surface area contributed by atoms with Crippen molar-refractivity contribution in [2.75, 3.05) is 5.32 Å². The lowest BCUT2D eigenvalue weighted by Crippen LogP contribution is -1.94. The summed E-state index contributed by atoms with van der Waals surface area (Å²) >= 11 is 7.72. The van der Waals surface area contributed by atoms with Crippen LogP contribution in [0.2, 0.25) is 5.02 Å². The number of rotatable bonds is 3. The monoisotopic (exact) mass is 303 g/mol. The normalized spacial score (nSPS) is 11.2. The van der Waals surface area contributed by atoms with Gasteiger partial charge in [0.15, 0.2) is 0 Å². The molecule has 1 aromatic carbocycles. The van der Waals surface area contributed by atoms with Gasteiger partial charge in [0.25, 0.3) is 0 Å². The van der Waals surface area contributed by atoms with Gasteiger partial charge in [-0.15, -0.1) is 11.3 Å². The highest BCUT2D eigenvalue weighted by molar-refractivity contribution is 7.18. The first-order valence-electron chi connectivity index (χ1n) is 6.40. The van der Waals surface area contributed by atoms with Crippen LogP contribution >= 0.6 is 22.9 Å². The number of fused-ring (bicyclic) bond motifs is 1. The maximum atomic E-state index is 6.00. The molecule has 3 nitrogen and oxygen atoms in total. The molecule has 0 spiro atoms. The van der Waals surface area contributed by atoms with Crippen LogP contribution in [-0.2, 0) is 0 Å². The summed E-state index contributed by atoms with van der Waals surface area (Å²) in [5.41, 5.74) is 0.926. The number of nitrogens with zero attached hydrogens (tertiary/aromatic N) is 2. The number of aromatic nitrogens is 2. The van der Waals surface area contributed by atoms with E-state index in [9.17, 15) is 0 Å². The van der Waals surface area contributed by atoms with Crippen LogP contribution in [0.15, 0.2) is 36.7 Å². The van der Waals surface area contributed by atoms with Crippen LogP contribution in [0.1, 0.15) is 24.6 Å². The molecule has 102 valence electrons. The van der Waals surface area contributed by atoms with Crippen molar-refractivity contribution < 1.29 is 0 Å². The first-order chi connectivity index (χ1) is 9.63. The van der Waals surface area contributed by atoms with Crippen molar-refractivity contribution in [3.63, 3.8) is 0 Å². The van der Waals surface area contributed by atoms with E-state index in [-0.39, 0.29) is 0 Å². The van der Waals surface area contributed by atoms with E-state index in [1.54, 1.807) is 17.7 Å². The third-order valence-corrected chi connectivity index (χ3v) is 4.58. The quantitative estimate of drug-likeness (QED) is 0.721. The fourth-order valence-corrected chi connectivity index (χ4v) is 3.15. The van der Waals surface area contributed by atoms with E-state index >= 15 is 0 Å². The fraction of sp³-hybridized carbons (Fsp3) is 0.200. The molecule has 0 unspecified atom stereocenters. The molecule has 3 rings (SSSR count). The van der Waals surface area contributed by atoms with Gasteiger partial charge in [0, 0.05) is 15.6 Å². The number of thiophene rings is 1. The van der Waals surface area contributed by atoms with Crippen molar-refractivity contribution in [3.05, 3.63) is 46.6 Å². The summed E-state index contributed by atoms with van der Waals surface area (Å²) in [6, 6.07) is 9.78. The third-order valence-electron chi connectivity index (χ3n) is 3.00. The van der Waals surface area contributed by atoms with Gasteiger partial charge in [-0.25, -0.2) is 9.97 Å². The summed E-state index contributed by atoms with van der Waals surface area (Å²) in [4.78, 5) is 11.0. The molecule has 2 aromatic heterocycles. The molecular weight excluding hydrogens is 290 g/mol. The zero-order chi connectivity index (χ0) is 14.1. The Morgan fingerprint density at radius 3 is 2.80 bits per heavy atom. The van der Waals surface area contributed by atoms with Crippen LogP contribution in [0.25, 0.3) is 10.2 Å². The van der Waals surface area contributed by atoms with Gasteiger partial charge in [-0.2, -0.15) is 0 Å². The number of halogens is 1. The van der Waals surface area contributed by atoms with Gasteiger partial charge < -0.3 is 5.32 Å². The second-order valence-electron chi connectivity index (χ2n) is 4.88. The molecule has 0 fully saturated rings. The number of hydrogen-bond acceptors (Lipinski definition) is 4. The lowest BCUT2D eigenvalue weighted by Gasteiger charge is -2.06. The summed E-state index contributed by atoms with van der Waals surface area (Å²) < 4.78 is 0. The van der Waals surface area contributed by atoms with Crippen LogP contribution < -0.4 is 5.32 Å². The average molecular weight is 304 g/mol. The van der Waals surface area contributed by atoms with E-state index in [0.717, 1.165) is 21.7 Å². The average Bonchev–Trinajstić information content (AvgIpc) is 2.84. The minimum absolute atomic E-state index is 0.494. The maximum absolute atomic E-state index is 6.00. The highest BCUT2D eigenvalue weighted by Crippen LogP contribution is 2.33. The first kappa shape index (κ1) is 13.3. The van der Waals surface area contributed by atoms with Gasteiger partial charge in [-0.1, -0.05) is 31.5 Å². The molecular formula is C15H14ClN3S. The van der Waals surface area contributed by atoms with E-state index in [4.69, 9.17) is 11.6 Å². The van der Waals surface area contributed by atoms with E-state index in [1.165, 1.54) is 4.88 Å². The molecule has 0 saturated carbocycles. The number of anilines is 2. The zero-order valence-corrected chi connectivity index (χ0v) is 12.8. The Morgan fingerprint density at radius 1 is 1.20 bits per heavy atom. The van der Waals surface area contributed by atoms with Crippen molar-refractivity contribution >= 4 is 44.7 Å². The molecule has 20 heavy (non-hydrogen) atoms. The van der Waals surface area contributed by atoms with Gasteiger partial charge >= 0.3 is 0 Å². The molecule has 0 aliphatic heterocycles. The van der Waals surface area contributed by atoms with E-state index in [0.29, 0.717) is 10.9 Å². The molecule has 3 aromatic rings. The van der Waals surface area contributed by atoms with E-state index in [2.05, 4.69) is 35.2 Å². The molecule has 0 aliphatic carbocycles. The standard InChI is InChI=1S/C15H14ClN3S/c1-9(2)13-7-12-14(17-8-18-15(12)20-13)19-11-5-3-4-10(16)6-11/h3-9H,1-2H3,(H,17,18,19). The molecule has 0 aliphatic rings. The summed E-state index contributed by atoms with van der Waals surface area (Å²) in [5, 5.41) is 5.07. The lowest BCUT2D eigenvalue weighted by molar-refractivity contribution is 0.890. The molecule has 0 radical (unpaired) electrons. The number of hydrogen-bond donors (Lipinski definition) is 1. The molecule has 0 saturated heterocycles.